The van der Waals surface area contributed by atoms with E-state index in [4.69, 9.17) is 4.74 Å². The Bertz CT molecular complexity index is 839. The predicted octanol–water partition coefficient (Wildman–Crippen LogP) is 3.93. The van der Waals surface area contributed by atoms with Crippen LogP contribution in [0.1, 0.15) is 33.1 Å². The molecule has 1 aliphatic heterocycles. The van der Waals surface area contributed by atoms with E-state index in [2.05, 4.69) is 17.3 Å². The van der Waals surface area contributed by atoms with Gasteiger partial charge < -0.3 is 19.9 Å². The first-order chi connectivity index (χ1) is 14.5. The summed E-state index contributed by atoms with van der Waals surface area (Å²) >= 11 is 0. The molecule has 2 atom stereocenters. The second-order valence-corrected chi connectivity index (χ2v) is 7.78. The summed E-state index contributed by atoms with van der Waals surface area (Å²) in [6.07, 6.45) is 2.23. The molecule has 1 N–H and O–H groups in total. The zero-order valence-corrected chi connectivity index (χ0v) is 18.0. The SMILES string of the molecule is CCC(Oc1ccccc1)C(=O)N(CC1CCCN1C)c1ccc(NC(C)=O)cc1. The minimum Gasteiger partial charge on any atom is -0.481 e. The van der Waals surface area contributed by atoms with Crippen LogP contribution in [0.3, 0.4) is 0 Å². The maximum absolute atomic E-state index is 13.5. The van der Waals surface area contributed by atoms with Gasteiger partial charge in [0.2, 0.25) is 5.91 Å². The molecule has 0 radical (unpaired) electrons. The molecular formula is C24H31N3O3. The Balaban J connectivity index is 1.83. The number of nitrogens with zero attached hydrogens (tertiary/aromatic N) is 2. The van der Waals surface area contributed by atoms with Gasteiger partial charge in [0, 0.05) is 30.9 Å². The summed E-state index contributed by atoms with van der Waals surface area (Å²) < 4.78 is 6.03. The molecule has 1 fully saturated rings. The number of carbonyl (C=O) groups excluding carboxylic acids is 2. The van der Waals surface area contributed by atoms with E-state index in [1.165, 1.54) is 6.92 Å². The van der Waals surface area contributed by atoms with E-state index < -0.39 is 6.10 Å². The number of anilines is 2. The van der Waals surface area contributed by atoms with Crippen LogP contribution in [0.25, 0.3) is 0 Å². The number of benzene rings is 2. The third-order valence-electron chi connectivity index (χ3n) is 5.50. The van der Waals surface area contributed by atoms with Gasteiger partial charge in [-0.05, 0) is 69.3 Å². The molecule has 6 heteroatoms. The Morgan fingerprint density at radius 3 is 2.43 bits per heavy atom. The van der Waals surface area contributed by atoms with Crippen LogP contribution in [-0.2, 0) is 9.59 Å². The molecule has 2 unspecified atom stereocenters. The molecule has 1 aliphatic rings. The first-order valence-electron chi connectivity index (χ1n) is 10.6. The zero-order valence-electron chi connectivity index (χ0n) is 18.0. The van der Waals surface area contributed by atoms with Crippen LogP contribution >= 0.6 is 0 Å². The molecule has 3 rings (SSSR count). The molecule has 2 aromatic carbocycles. The number of ether oxygens (including phenoxy) is 1. The molecule has 2 amide bonds. The van der Waals surface area contributed by atoms with Gasteiger partial charge in [-0.2, -0.15) is 0 Å². The lowest BCUT2D eigenvalue weighted by Crippen LogP contribution is -2.47. The van der Waals surface area contributed by atoms with Crippen molar-refractivity contribution in [2.45, 2.75) is 45.3 Å². The second-order valence-electron chi connectivity index (χ2n) is 7.78. The molecule has 0 spiro atoms. The van der Waals surface area contributed by atoms with E-state index in [0.29, 0.717) is 30.4 Å². The summed E-state index contributed by atoms with van der Waals surface area (Å²) in [5, 5.41) is 2.77. The van der Waals surface area contributed by atoms with Gasteiger partial charge in [0.25, 0.3) is 5.91 Å². The van der Waals surface area contributed by atoms with E-state index in [1.807, 2.05) is 66.4 Å². The molecule has 30 heavy (non-hydrogen) atoms. The maximum atomic E-state index is 13.5. The molecule has 2 aromatic rings. The highest BCUT2D eigenvalue weighted by Gasteiger charge is 2.31. The van der Waals surface area contributed by atoms with E-state index in [9.17, 15) is 9.59 Å². The maximum Gasteiger partial charge on any atom is 0.268 e. The molecule has 0 bridgehead atoms. The van der Waals surface area contributed by atoms with Crippen molar-refractivity contribution in [2.24, 2.45) is 0 Å². The number of amides is 2. The van der Waals surface area contributed by atoms with Crippen LogP contribution in [-0.4, -0.2) is 49.0 Å². The van der Waals surface area contributed by atoms with Gasteiger partial charge in [-0.15, -0.1) is 0 Å². The Labute approximate surface area is 178 Å². The molecule has 0 saturated carbocycles. The van der Waals surface area contributed by atoms with Crippen LogP contribution in [0.2, 0.25) is 0 Å². The standard InChI is InChI=1S/C24H31N3O3/c1-4-23(30-22-10-6-5-7-11-22)24(29)27(17-21-9-8-16-26(21)3)20-14-12-19(13-15-20)25-18(2)28/h5-7,10-15,21,23H,4,8-9,16-17H2,1-3H3,(H,25,28). The smallest absolute Gasteiger partial charge is 0.268 e. The normalized spacial score (nSPS) is 17.4. The number of para-hydroxylation sites is 1. The monoisotopic (exact) mass is 409 g/mol. The summed E-state index contributed by atoms with van der Waals surface area (Å²) in [7, 11) is 2.11. The predicted molar refractivity (Wildman–Crippen MR) is 120 cm³/mol. The highest BCUT2D eigenvalue weighted by molar-refractivity contribution is 5.97. The lowest BCUT2D eigenvalue weighted by molar-refractivity contribution is -0.125. The molecule has 1 heterocycles. The van der Waals surface area contributed by atoms with Crippen molar-refractivity contribution in [3.63, 3.8) is 0 Å². The van der Waals surface area contributed by atoms with Crippen molar-refractivity contribution in [3.8, 4) is 5.75 Å². The van der Waals surface area contributed by atoms with E-state index in [1.54, 1.807) is 0 Å². The minimum absolute atomic E-state index is 0.0473. The Morgan fingerprint density at radius 1 is 1.17 bits per heavy atom. The second kappa shape index (κ2) is 10.3. The highest BCUT2D eigenvalue weighted by Crippen LogP contribution is 2.25. The Morgan fingerprint density at radius 2 is 1.87 bits per heavy atom. The van der Waals surface area contributed by atoms with Crippen molar-refractivity contribution >= 4 is 23.2 Å². The number of likely N-dealkylation sites (N-methyl/N-ethyl adjacent to an activating group) is 1. The van der Waals surface area contributed by atoms with E-state index in [0.717, 1.165) is 25.1 Å². The van der Waals surface area contributed by atoms with Gasteiger partial charge in [0.05, 0.1) is 0 Å². The van der Waals surface area contributed by atoms with Crippen molar-refractivity contribution in [1.29, 1.82) is 0 Å². The molecule has 1 saturated heterocycles. The van der Waals surface area contributed by atoms with Gasteiger partial charge in [0.15, 0.2) is 6.10 Å². The van der Waals surface area contributed by atoms with Crippen molar-refractivity contribution in [1.82, 2.24) is 4.90 Å². The third kappa shape index (κ3) is 5.60. The lowest BCUT2D eigenvalue weighted by atomic mass is 10.1. The zero-order chi connectivity index (χ0) is 21.5. The fraction of sp³-hybridized carbons (Fsp3) is 0.417. The molecule has 0 aromatic heterocycles. The van der Waals surface area contributed by atoms with Gasteiger partial charge in [0.1, 0.15) is 5.75 Å². The Hall–Kier alpha value is -2.86. The number of nitrogens with one attached hydrogen (secondary N) is 1. The van der Waals surface area contributed by atoms with Crippen molar-refractivity contribution in [2.75, 3.05) is 30.4 Å². The molecular weight excluding hydrogens is 378 g/mol. The number of likely N-dealkylation sites (tertiary alicyclic amines) is 1. The number of hydrogen-bond acceptors (Lipinski definition) is 4. The fourth-order valence-electron chi connectivity index (χ4n) is 3.82. The number of hydrogen-bond donors (Lipinski definition) is 1. The summed E-state index contributed by atoms with van der Waals surface area (Å²) in [6.45, 7) is 5.10. The van der Waals surface area contributed by atoms with Crippen LogP contribution < -0.4 is 15.0 Å². The first-order valence-corrected chi connectivity index (χ1v) is 10.6. The van der Waals surface area contributed by atoms with Crippen molar-refractivity contribution < 1.29 is 14.3 Å². The van der Waals surface area contributed by atoms with Crippen LogP contribution in [0.5, 0.6) is 5.75 Å². The Kier molecular flexibility index (Phi) is 7.46. The van der Waals surface area contributed by atoms with Gasteiger partial charge >= 0.3 is 0 Å². The number of rotatable bonds is 8. The van der Waals surface area contributed by atoms with Crippen molar-refractivity contribution in [3.05, 3.63) is 54.6 Å². The summed E-state index contributed by atoms with van der Waals surface area (Å²) in [4.78, 5) is 29.0. The topological polar surface area (TPSA) is 61.9 Å². The average Bonchev–Trinajstić information content (AvgIpc) is 3.15. The summed E-state index contributed by atoms with van der Waals surface area (Å²) in [6, 6.07) is 17.2. The van der Waals surface area contributed by atoms with E-state index in [-0.39, 0.29) is 11.8 Å². The highest BCUT2D eigenvalue weighted by atomic mass is 16.5. The lowest BCUT2D eigenvalue weighted by Gasteiger charge is -2.32. The summed E-state index contributed by atoms with van der Waals surface area (Å²) in [5.41, 5.74) is 1.52. The van der Waals surface area contributed by atoms with Crippen LogP contribution in [0.4, 0.5) is 11.4 Å². The third-order valence-corrected chi connectivity index (χ3v) is 5.50. The van der Waals surface area contributed by atoms with Crippen LogP contribution in [0.15, 0.2) is 54.6 Å². The molecule has 6 nitrogen and oxygen atoms in total. The number of carbonyl (C=O) groups is 2. The average molecular weight is 410 g/mol. The van der Waals surface area contributed by atoms with Gasteiger partial charge in [-0.3, -0.25) is 9.59 Å². The quantitative estimate of drug-likeness (QED) is 0.718. The minimum atomic E-state index is -0.561. The molecule has 0 aliphatic carbocycles. The largest absolute Gasteiger partial charge is 0.481 e. The van der Waals surface area contributed by atoms with Gasteiger partial charge in [-0.1, -0.05) is 25.1 Å². The first kappa shape index (κ1) is 21.8. The van der Waals surface area contributed by atoms with Crippen LogP contribution in [0, 0.1) is 0 Å². The fourth-order valence-corrected chi connectivity index (χ4v) is 3.82. The van der Waals surface area contributed by atoms with Gasteiger partial charge in [-0.25, -0.2) is 0 Å². The molecule has 160 valence electrons. The van der Waals surface area contributed by atoms with E-state index >= 15 is 0 Å². The summed E-state index contributed by atoms with van der Waals surface area (Å²) in [5.74, 6) is 0.524.